The van der Waals surface area contributed by atoms with E-state index < -0.39 is 0 Å². The molecule has 0 saturated heterocycles. The molecule has 1 aliphatic heterocycles. The van der Waals surface area contributed by atoms with Crippen molar-refractivity contribution in [3.05, 3.63) is 58.6 Å². The molecule has 0 bridgehead atoms. The molecule has 1 atom stereocenters. The molecule has 0 fully saturated rings. The van der Waals surface area contributed by atoms with Crippen LogP contribution < -0.4 is 10.2 Å². The Morgan fingerprint density at radius 3 is 2.72 bits per heavy atom. The van der Waals surface area contributed by atoms with Crippen molar-refractivity contribution in [3.8, 4) is 0 Å². The molecule has 130 valence electrons. The highest BCUT2D eigenvalue weighted by Gasteiger charge is 2.27. The molecular formula is C19H20ClN3O2. The quantitative estimate of drug-likeness (QED) is 0.916. The van der Waals surface area contributed by atoms with Gasteiger partial charge < -0.3 is 15.1 Å². The molecule has 2 amide bonds. The highest BCUT2D eigenvalue weighted by atomic mass is 35.5. The van der Waals surface area contributed by atoms with E-state index in [1.165, 1.54) is 0 Å². The number of carbonyl (C=O) groups excluding carboxylic acids is 2. The molecule has 25 heavy (non-hydrogen) atoms. The molecule has 1 heterocycles. The minimum absolute atomic E-state index is 0.0796. The van der Waals surface area contributed by atoms with Gasteiger partial charge in [-0.3, -0.25) is 9.59 Å². The van der Waals surface area contributed by atoms with Gasteiger partial charge in [-0.15, -0.1) is 0 Å². The fourth-order valence-electron chi connectivity index (χ4n) is 2.87. The summed E-state index contributed by atoms with van der Waals surface area (Å²) in [6.07, 6.45) is 0. The number of anilines is 2. The number of amides is 2. The van der Waals surface area contributed by atoms with Crippen LogP contribution in [-0.2, 0) is 11.3 Å². The molecule has 6 heteroatoms. The van der Waals surface area contributed by atoms with Crippen molar-refractivity contribution in [2.45, 2.75) is 19.5 Å². The number of fused-ring (bicyclic) bond motifs is 1. The van der Waals surface area contributed by atoms with E-state index in [2.05, 4.69) is 5.32 Å². The van der Waals surface area contributed by atoms with Gasteiger partial charge in [0.1, 0.15) is 6.04 Å². The fraction of sp³-hybridized carbons (Fsp3) is 0.263. The first kappa shape index (κ1) is 17.3. The summed E-state index contributed by atoms with van der Waals surface area (Å²) in [4.78, 5) is 28.2. The van der Waals surface area contributed by atoms with Gasteiger partial charge >= 0.3 is 0 Å². The zero-order chi connectivity index (χ0) is 18.1. The smallest absolute Gasteiger partial charge is 0.253 e. The maximum absolute atomic E-state index is 12.7. The van der Waals surface area contributed by atoms with E-state index in [0.29, 0.717) is 22.8 Å². The zero-order valence-electron chi connectivity index (χ0n) is 14.4. The number of carbonyl (C=O) groups is 2. The molecule has 1 aliphatic rings. The van der Waals surface area contributed by atoms with Crippen LogP contribution in [0.5, 0.6) is 0 Å². The van der Waals surface area contributed by atoms with Crippen LogP contribution in [0.15, 0.2) is 42.5 Å². The van der Waals surface area contributed by atoms with Gasteiger partial charge in [0.25, 0.3) is 5.91 Å². The Labute approximate surface area is 152 Å². The van der Waals surface area contributed by atoms with Crippen molar-refractivity contribution in [1.82, 2.24) is 4.90 Å². The zero-order valence-corrected chi connectivity index (χ0v) is 15.2. The van der Waals surface area contributed by atoms with Crippen LogP contribution in [0.3, 0.4) is 0 Å². The molecule has 0 aromatic heterocycles. The Hall–Kier alpha value is -2.53. The Balaban J connectivity index is 1.82. The molecule has 5 nitrogen and oxygen atoms in total. The fourth-order valence-corrected chi connectivity index (χ4v) is 3.07. The van der Waals surface area contributed by atoms with E-state index in [9.17, 15) is 9.59 Å². The van der Waals surface area contributed by atoms with Crippen LogP contribution in [0, 0.1) is 0 Å². The summed E-state index contributed by atoms with van der Waals surface area (Å²) in [6.45, 7) is 2.26. The molecule has 0 saturated carbocycles. The maximum atomic E-state index is 12.7. The lowest BCUT2D eigenvalue weighted by Gasteiger charge is -2.33. The second-order valence-corrected chi connectivity index (χ2v) is 6.67. The molecule has 2 aromatic rings. The standard InChI is InChI=1S/C19H20ClN3O2/c1-12-18(24)21-16-10-13(8-9-17(16)23(12)3)19(25)22(2)11-14-6-4-5-7-15(14)20/h4-10,12H,11H2,1-3H3,(H,21,24)/t12-/m1/s1. The van der Waals surface area contributed by atoms with Gasteiger partial charge in [-0.2, -0.15) is 0 Å². The van der Waals surface area contributed by atoms with E-state index in [1.54, 1.807) is 30.1 Å². The SMILES string of the molecule is C[C@@H]1C(=O)Nc2cc(C(=O)N(C)Cc3ccccc3Cl)ccc2N1C. The summed E-state index contributed by atoms with van der Waals surface area (Å²) in [5.41, 5.74) is 2.97. The van der Waals surface area contributed by atoms with Crippen LogP contribution in [-0.4, -0.2) is 36.9 Å². The minimum Gasteiger partial charge on any atom is -0.361 e. The first-order valence-electron chi connectivity index (χ1n) is 8.05. The van der Waals surface area contributed by atoms with Gasteiger partial charge in [-0.05, 0) is 36.8 Å². The Morgan fingerprint density at radius 1 is 1.28 bits per heavy atom. The summed E-state index contributed by atoms with van der Waals surface area (Å²) < 4.78 is 0. The molecular weight excluding hydrogens is 338 g/mol. The summed E-state index contributed by atoms with van der Waals surface area (Å²) in [6, 6.07) is 12.6. The van der Waals surface area contributed by atoms with Gasteiger partial charge in [-0.1, -0.05) is 29.8 Å². The number of nitrogens with zero attached hydrogens (tertiary/aromatic N) is 2. The van der Waals surface area contributed by atoms with Gasteiger partial charge in [-0.25, -0.2) is 0 Å². The first-order chi connectivity index (χ1) is 11.9. The predicted molar refractivity (Wildman–Crippen MR) is 100 cm³/mol. The van der Waals surface area contributed by atoms with E-state index in [-0.39, 0.29) is 17.9 Å². The Morgan fingerprint density at radius 2 is 2.00 bits per heavy atom. The summed E-state index contributed by atoms with van der Waals surface area (Å²) in [5, 5.41) is 3.50. The van der Waals surface area contributed by atoms with E-state index in [4.69, 9.17) is 11.6 Å². The van der Waals surface area contributed by atoms with Crippen LogP contribution >= 0.6 is 11.6 Å². The number of rotatable bonds is 3. The predicted octanol–water partition coefficient (Wildman–Crippen LogP) is 3.39. The molecule has 0 radical (unpaired) electrons. The van der Waals surface area contributed by atoms with Crippen molar-refractivity contribution in [2.24, 2.45) is 0 Å². The van der Waals surface area contributed by atoms with Crippen LogP contribution in [0.4, 0.5) is 11.4 Å². The van der Waals surface area contributed by atoms with Crippen LogP contribution in [0.25, 0.3) is 0 Å². The van der Waals surface area contributed by atoms with Crippen molar-refractivity contribution in [1.29, 1.82) is 0 Å². The van der Waals surface area contributed by atoms with Gasteiger partial charge in [0, 0.05) is 31.2 Å². The van der Waals surface area contributed by atoms with Gasteiger partial charge in [0.15, 0.2) is 0 Å². The molecule has 3 rings (SSSR count). The lowest BCUT2D eigenvalue weighted by molar-refractivity contribution is -0.117. The van der Waals surface area contributed by atoms with Crippen LogP contribution in [0.1, 0.15) is 22.8 Å². The summed E-state index contributed by atoms with van der Waals surface area (Å²) >= 11 is 6.17. The molecule has 0 unspecified atom stereocenters. The van der Waals surface area contributed by atoms with Crippen molar-refractivity contribution in [3.63, 3.8) is 0 Å². The number of benzene rings is 2. The molecule has 0 spiro atoms. The van der Waals surface area contributed by atoms with E-state index in [1.807, 2.05) is 43.1 Å². The van der Waals surface area contributed by atoms with E-state index >= 15 is 0 Å². The number of hydrogen-bond acceptors (Lipinski definition) is 3. The Kier molecular flexibility index (Phi) is 4.68. The van der Waals surface area contributed by atoms with Crippen molar-refractivity contribution in [2.75, 3.05) is 24.3 Å². The van der Waals surface area contributed by atoms with Crippen molar-refractivity contribution >= 4 is 34.8 Å². The van der Waals surface area contributed by atoms with Gasteiger partial charge in [0.05, 0.1) is 11.4 Å². The maximum Gasteiger partial charge on any atom is 0.253 e. The lowest BCUT2D eigenvalue weighted by Crippen LogP contribution is -2.44. The molecule has 0 aliphatic carbocycles. The second-order valence-electron chi connectivity index (χ2n) is 6.26. The average Bonchev–Trinajstić information content (AvgIpc) is 2.60. The Bertz CT molecular complexity index is 837. The third kappa shape index (κ3) is 3.33. The molecule has 1 N–H and O–H groups in total. The normalized spacial score (nSPS) is 16.2. The van der Waals surface area contributed by atoms with Crippen molar-refractivity contribution < 1.29 is 9.59 Å². The largest absolute Gasteiger partial charge is 0.361 e. The third-order valence-electron chi connectivity index (χ3n) is 4.55. The highest BCUT2D eigenvalue weighted by Crippen LogP contribution is 2.32. The van der Waals surface area contributed by atoms with Crippen LogP contribution in [0.2, 0.25) is 5.02 Å². The number of hydrogen-bond donors (Lipinski definition) is 1. The number of likely N-dealkylation sites (N-methyl/N-ethyl adjacent to an activating group) is 1. The highest BCUT2D eigenvalue weighted by molar-refractivity contribution is 6.31. The third-order valence-corrected chi connectivity index (χ3v) is 4.92. The minimum atomic E-state index is -0.239. The van der Waals surface area contributed by atoms with E-state index in [0.717, 1.165) is 11.3 Å². The summed E-state index contributed by atoms with van der Waals surface area (Å²) in [5.74, 6) is -0.206. The molecule has 2 aromatic carbocycles. The average molecular weight is 358 g/mol. The lowest BCUT2D eigenvalue weighted by atomic mass is 10.1. The summed E-state index contributed by atoms with van der Waals surface area (Å²) in [7, 11) is 3.60. The van der Waals surface area contributed by atoms with Gasteiger partial charge in [0.2, 0.25) is 5.91 Å². The first-order valence-corrected chi connectivity index (χ1v) is 8.43. The number of halogens is 1. The topological polar surface area (TPSA) is 52.7 Å². The monoisotopic (exact) mass is 357 g/mol. The second kappa shape index (κ2) is 6.76. The number of nitrogens with one attached hydrogen (secondary N) is 1.